The van der Waals surface area contributed by atoms with Crippen molar-refractivity contribution in [3.05, 3.63) is 36.2 Å². The minimum Gasteiger partial charge on any atom is -0.493 e. The van der Waals surface area contributed by atoms with Gasteiger partial charge < -0.3 is 9.47 Å². The lowest BCUT2D eigenvalue weighted by molar-refractivity contribution is 0.354. The minimum atomic E-state index is -3.71. The monoisotopic (exact) mass is 282 g/mol. The Bertz CT molecular complexity index is 692. The maximum atomic E-state index is 12.3. The smallest absolute Gasteiger partial charge is 0.283 e. The molecule has 2 aromatic rings. The SMILES string of the molecule is COc1ccc(S(=O)(=O)n2ccc(C)n2)cc1OC. The van der Waals surface area contributed by atoms with Gasteiger partial charge in [-0.2, -0.15) is 17.6 Å². The van der Waals surface area contributed by atoms with Gasteiger partial charge in [-0.1, -0.05) is 0 Å². The van der Waals surface area contributed by atoms with Crippen molar-refractivity contribution < 1.29 is 17.9 Å². The molecule has 0 atom stereocenters. The van der Waals surface area contributed by atoms with E-state index in [0.717, 1.165) is 4.09 Å². The molecule has 1 aromatic heterocycles. The van der Waals surface area contributed by atoms with Crippen LogP contribution < -0.4 is 9.47 Å². The zero-order valence-electron chi connectivity index (χ0n) is 10.8. The molecule has 7 heteroatoms. The van der Waals surface area contributed by atoms with E-state index >= 15 is 0 Å². The van der Waals surface area contributed by atoms with Gasteiger partial charge in [0.15, 0.2) is 11.5 Å². The second-order valence-corrected chi connectivity index (χ2v) is 5.65. The largest absolute Gasteiger partial charge is 0.493 e. The van der Waals surface area contributed by atoms with E-state index in [-0.39, 0.29) is 4.90 Å². The van der Waals surface area contributed by atoms with Crippen LogP contribution in [0.4, 0.5) is 0 Å². The summed E-state index contributed by atoms with van der Waals surface area (Å²) >= 11 is 0. The van der Waals surface area contributed by atoms with E-state index in [1.54, 1.807) is 19.1 Å². The van der Waals surface area contributed by atoms with Crippen LogP contribution in [0.15, 0.2) is 35.4 Å². The molecular weight excluding hydrogens is 268 g/mol. The molecule has 0 aliphatic rings. The van der Waals surface area contributed by atoms with E-state index in [4.69, 9.17) is 9.47 Å². The summed E-state index contributed by atoms with van der Waals surface area (Å²) in [6, 6.07) is 6.03. The van der Waals surface area contributed by atoms with Gasteiger partial charge in [0, 0.05) is 12.3 Å². The number of aromatic nitrogens is 2. The van der Waals surface area contributed by atoms with Gasteiger partial charge in [0.2, 0.25) is 0 Å². The van der Waals surface area contributed by atoms with Crippen LogP contribution in [0.1, 0.15) is 5.69 Å². The lowest BCUT2D eigenvalue weighted by Gasteiger charge is -2.10. The summed E-state index contributed by atoms with van der Waals surface area (Å²) in [5, 5.41) is 3.91. The quantitative estimate of drug-likeness (QED) is 0.848. The lowest BCUT2D eigenvalue weighted by atomic mass is 10.3. The number of ether oxygens (including phenoxy) is 2. The standard InChI is InChI=1S/C12H14N2O4S/c1-9-6-7-14(13-9)19(15,16)10-4-5-11(17-2)12(8-10)18-3/h4-8H,1-3H3. The maximum Gasteiger partial charge on any atom is 0.283 e. The number of rotatable bonds is 4. The molecule has 0 fully saturated rings. The molecule has 1 aromatic carbocycles. The zero-order chi connectivity index (χ0) is 14.0. The van der Waals surface area contributed by atoms with Gasteiger partial charge in [-0.15, -0.1) is 0 Å². The van der Waals surface area contributed by atoms with Gasteiger partial charge in [0.25, 0.3) is 10.0 Å². The summed E-state index contributed by atoms with van der Waals surface area (Å²) in [4.78, 5) is 0.0910. The summed E-state index contributed by atoms with van der Waals surface area (Å²) < 4.78 is 35.7. The predicted molar refractivity (Wildman–Crippen MR) is 69.1 cm³/mol. The van der Waals surface area contributed by atoms with Crippen LogP contribution in [0, 0.1) is 6.92 Å². The molecule has 0 saturated heterocycles. The van der Waals surface area contributed by atoms with Crippen LogP contribution in [0.25, 0.3) is 0 Å². The van der Waals surface area contributed by atoms with Crippen molar-refractivity contribution >= 4 is 10.0 Å². The fourth-order valence-corrected chi connectivity index (χ4v) is 2.78. The van der Waals surface area contributed by atoms with Crippen molar-refractivity contribution in [2.24, 2.45) is 0 Å². The molecule has 0 N–H and O–H groups in total. The maximum absolute atomic E-state index is 12.3. The van der Waals surface area contributed by atoms with Gasteiger partial charge in [0.05, 0.1) is 24.8 Å². The Morgan fingerprint density at radius 3 is 2.32 bits per heavy atom. The number of aryl methyl sites for hydroxylation is 1. The first-order chi connectivity index (χ1) is 8.98. The Balaban J connectivity index is 2.52. The van der Waals surface area contributed by atoms with Crippen LogP contribution in [0.5, 0.6) is 11.5 Å². The van der Waals surface area contributed by atoms with E-state index in [1.165, 1.54) is 32.5 Å². The van der Waals surface area contributed by atoms with E-state index in [1.807, 2.05) is 0 Å². The van der Waals surface area contributed by atoms with E-state index in [9.17, 15) is 8.42 Å². The second kappa shape index (κ2) is 4.93. The Morgan fingerprint density at radius 2 is 1.79 bits per heavy atom. The summed E-state index contributed by atoms with van der Waals surface area (Å²) in [5.74, 6) is 0.825. The number of methoxy groups -OCH3 is 2. The van der Waals surface area contributed by atoms with Crippen LogP contribution in [0.2, 0.25) is 0 Å². The fraction of sp³-hybridized carbons (Fsp3) is 0.250. The molecule has 6 nitrogen and oxygen atoms in total. The van der Waals surface area contributed by atoms with Crippen LogP contribution in [0.3, 0.4) is 0 Å². The highest BCUT2D eigenvalue weighted by molar-refractivity contribution is 7.89. The average molecular weight is 282 g/mol. The molecule has 0 radical (unpaired) electrons. The molecule has 0 spiro atoms. The summed E-state index contributed by atoms with van der Waals surface area (Å²) in [7, 11) is -0.766. The number of hydrogen-bond acceptors (Lipinski definition) is 5. The molecule has 0 saturated carbocycles. The van der Waals surface area contributed by atoms with Crippen molar-refractivity contribution in [3.63, 3.8) is 0 Å². The number of hydrogen-bond donors (Lipinski definition) is 0. The first-order valence-corrected chi connectivity index (χ1v) is 6.93. The zero-order valence-corrected chi connectivity index (χ0v) is 11.6. The second-order valence-electron chi connectivity index (χ2n) is 3.85. The Labute approximate surface area is 111 Å². The highest BCUT2D eigenvalue weighted by Crippen LogP contribution is 2.29. The average Bonchev–Trinajstić information content (AvgIpc) is 2.85. The first-order valence-electron chi connectivity index (χ1n) is 5.49. The topological polar surface area (TPSA) is 70.4 Å². The Kier molecular flexibility index (Phi) is 3.48. The van der Waals surface area contributed by atoms with Crippen LogP contribution in [-0.2, 0) is 10.0 Å². The van der Waals surface area contributed by atoms with Crippen molar-refractivity contribution in [1.29, 1.82) is 0 Å². The molecule has 2 rings (SSSR count). The molecule has 0 amide bonds. The fourth-order valence-electron chi connectivity index (χ4n) is 1.61. The van der Waals surface area contributed by atoms with Crippen LogP contribution >= 0.6 is 0 Å². The lowest BCUT2D eigenvalue weighted by Crippen LogP contribution is -2.14. The Hall–Kier alpha value is -2.02. The van der Waals surface area contributed by atoms with E-state index in [2.05, 4.69) is 5.10 Å². The number of benzene rings is 1. The van der Waals surface area contributed by atoms with Gasteiger partial charge in [-0.3, -0.25) is 0 Å². The minimum absolute atomic E-state index is 0.0910. The third kappa shape index (κ3) is 2.41. The van der Waals surface area contributed by atoms with Gasteiger partial charge >= 0.3 is 0 Å². The first kappa shape index (κ1) is 13.4. The third-order valence-electron chi connectivity index (χ3n) is 2.60. The third-order valence-corrected chi connectivity index (χ3v) is 4.14. The van der Waals surface area contributed by atoms with Crippen molar-refractivity contribution in [3.8, 4) is 11.5 Å². The Morgan fingerprint density at radius 1 is 1.11 bits per heavy atom. The highest BCUT2D eigenvalue weighted by atomic mass is 32.2. The molecular formula is C12H14N2O4S. The van der Waals surface area contributed by atoms with Crippen molar-refractivity contribution in [1.82, 2.24) is 9.19 Å². The molecule has 0 bridgehead atoms. The van der Waals surface area contributed by atoms with Gasteiger partial charge in [0.1, 0.15) is 0 Å². The predicted octanol–water partition coefficient (Wildman–Crippen LogP) is 1.45. The molecule has 102 valence electrons. The van der Waals surface area contributed by atoms with E-state index in [0.29, 0.717) is 17.2 Å². The molecule has 1 heterocycles. The van der Waals surface area contributed by atoms with Gasteiger partial charge in [-0.05, 0) is 25.1 Å². The number of nitrogens with zero attached hydrogens (tertiary/aromatic N) is 2. The summed E-state index contributed by atoms with van der Waals surface area (Å²) in [6.45, 7) is 1.72. The van der Waals surface area contributed by atoms with Crippen molar-refractivity contribution in [2.45, 2.75) is 11.8 Å². The normalized spacial score (nSPS) is 11.3. The summed E-state index contributed by atoms with van der Waals surface area (Å²) in [6.07, 6.45) is 1.40. The van der Waals surface area contributed by atoms with Gasteiger partial charge in [-0.25, -0.2) is 0 Å². The summed E-state index contributed by atoms with van der Waals surface area (Å²) in [5.41, 5.74) is 0.629. The highest BCUT2D eigenvalue weighted by Gasteiger charge is 2.19. The molecule has 0 aliphatic carbocycles. The molecule has 0 aliphatic heterocycles. The van der Waals surface area contributed by atoms with E-state index < -0.39 is 10.0 Å². The molecule has 19 heavy (non-hydrogen) atoms. The molecule has 0 unspecified atom stereocenters. The van der Waals surface area contributed by atoms with Crippen LogP contribution in [-0.4, -0.2) is 31.8 Å². The van der Waals surface area contributed by atoms with Crippen molar-refractivity contribution in [2.75, 3.05) is 14.2 Å².